The van der Waals surface area contributed by atoms with E-state index in [9.17, 15) is 8.42 Å². The number of nitrogens with zero attached hydrogens (tertiary/aromatic N) is 2. The van der Waals surface area contributed by atoms with Gasteiger partial charge in [0, 0.05) is 44.4 Å². The van der Waals surface area contributed by atoms with E-state index in [1.165, 1.54) is 10.4 Å². The van der Waals surface area contributed by atoms with Gasteiger partial charge in [-0.3, -0.25) is 0 Å². The second kappa shape index (κ2) is 6.87. The molecule has 2 rings (SSSR count). The van der Waals surface area contributed by atoms with Crippen molar-refractivity contribution in [3.63, 3.8) is 0 Å². The van der Waals surface area contributed by atoms with Gasteiger partial charge in [0.05, 0.1) is 4.90 Å². The maximum Gasteiger partial charge on any atom is 0.243 e. The highest BCUT2D eigenvalue weighted by Gasteiger charge is 2.28. The Morgan fingerprint density at radius 1 is 1.20 bits per heavy atom. The SMILES string of the molecule is O=S(=O)(c1cccc(Cl)c1)N1CCN(CCCO)CC1. The van der Waals surface area contributed by atoms with E-state index in [2.05, 4.69) is 4.90 Å². The first-order chi connectivity index (χ1) is 9.54. The van der Waals surface area contributed by atoms with Crippen molar-refractivity contribution in [2.75, 3.05) is 39.3 Å². The molecule has 1 aromatic rings. The Morgan fingerprint density at radius 3 is 2.50 bits per heavy atom. The molecule has 1 fully saturated rings. The summed E-state index contributed by atoms with van der Waals surface area (Å²) in [5.74, 6) is 0. The number of hydrogen-bond acceptors (Lipinski definition) is 4. The summed E-state index contributed by atoms with van der Waals surface area (Å²) in [5.41, 5.74) is 0. The molecule has 1 aliphatic rings. The fourth-order valence-electron chi connectivity index (χ4n) is 2.26. The topological polar surface area (TPSA) is 60.9 Å². The molecule has 1 N–H and O–H groups in total. The van der Waals surface area contributed by atoms with Gasteiger partial charge in [0.1, 0.15) is 0 Å². The van der Waals surface area contributed by atoms with Crippen LogP contribution in [0.3, 0.4) is 0 Å². The molecular formula is C13H19ClN2O3S. The molecule has 1 aliphatic heterocycles. The van der Waals surface area contributed by atoms with E-state index in [-0.39, 0.29) is 11.5 Å². The molecule has 0 atom stereocenters. The smallest absolute Gasteiger partial charge is 0.243 e. The van der Waals surface area contributed by atoms with Crippen LogP contribution in [-0.4, -0.2) is 62.1 Å². The van der Waals surface area contributed by atoms with Crippen LogP contribution in [0.4, 0.5) is 0 Å². The Labute approximate surface area is 124 Å². The van der Waals surface area contributed by atoms with Gasteiger partial charge in [-0.1, -0.05) is 17.7 Å². The van der Waals surface area contributed by atoms with Crippen LogP contribution in [0.2, 0.25) is 5.02 Å². The highest BCUT2D eigenvalue weighted by atomic mass is 35.5. The number of piperazine rings is 1. The lowest BCUT2D eigenvalue weighted by molar-refractivity contribution is 0.171. The Morgan fingerprint density at radius 2 is 1.90 bits per heavy atom. The maximum absolute atomic E-state index is 12.5. The first-order valence-electron chi connectivity index (χ1n) is 6.63. The summed E-state index contributed by atoms with van der Waals surface area (Å²) in [7, 11) is -3.46. The standard InChI is InChI=1S/C13H19ClN2O3S/c14-12-3-1-4-13(11-12)20(18,19)16-8-6-15(7-9-16)5-2-10-17/h1,3-4,11,17H,2,5-10H2. The van der Waals surface area contributed by atoms with Crippen molar-refractivity contribution >= 4 is 21.6 Å². The van der Waals surface area contributed by atoms with Gasteiger partial charge in [0.2, 0.25) is 10.0 Å². The molecule has 1 aromatic carbocycles. The van der Waals surface area contributed by atoms with Crippen molar-refractivity contribution in [1.29, 1.82) is 0 Å². The minimum Gasteiger partial charge on any atom is -0.396 e. The fourth-order valence-corrected chi connectivity index (χ4v) is 3.99. The predicted molar refractivity (Wildman–Crippen MR) is 78.4 cm³/mol. The monoisotopic (exact) mass is 318 g/mol. The zero-order valence-corrected chi connectivity index (χ0v) is 12.8. The maximum atomic E-state index is 12.5. The van der Waals surface area contributed by atoms with Crippen molar-refractivity contribution in [2.45, 2.75) is 11.3 Å². The lowest BCUT2D eigenvalue weighted by atomic mass is 10.3. The predicted octanol–water partition coefficient (Wildman–Crippen LogP) is 1.03. The summed E-state index contributed by atoms with van der Waals surface area (Å²) in [5, 5.41) is 9.23. The third-order valence-corrected chi connectivity index (χ3v) is 5.53. The first kappa shape index (κ1) is 15.7. The van der Waals surface area contributed by atoms with E-state index in [4.69, 9.17) is 16.7 Å². The molecule has 0 aromatic heterocycles. The van der Waals surface area contributed by atoms with E-state index in [1.807, 2.05) is 0 Å². The summed E-state index contributed by atoms with van der Waals surface area (Å²) < 4.78 is 26.4. The highest BCUT2D eigenvalue weighted by molar-refractivity contribution is 7.89. The molecule has 0 bridgehead atoms. The van der Waals surface area contributed by atoms with Crippen LogP contribution in [0.5, 0.6) is 0 Å². The zero-order chi connectivity index (χ0) is 14.6. The van der Waals surface area contributed by atoms with Crippen LogP contribution in [0.1, 0.15) is 6.42 Å². The minimum atomic E-state index is -3.46. The molecule has 1 heterocycles. The van der Waals surface area contributed by atoms with Gasteiger partial charge in [-0.05, 0) is 24.6 Å². The zero-order valence-electron chi connectivity index (χ0n) is 11.2. The van der Waals surface area contributed by atoms with Crippen LogP contribution in [-0.2, 0) is 10.0 Å². The third-order valence-electron chi connectivity index (χ3n) is 3.40. The molecule has 112 valence electrons. The molecular weight excluding hydrogens is 300 g/mol. The van der Waals surface area contributed by atoms with Crippen LogP contribution in [0, 0.1) is 0 Å². The molecule has 5 nitrogen and oxygen atoms in total. The summed E-state index contributed by atoms with van der Waals surface area (Å²) in [4.78, 5) is 2.41. The number of halogens is 1. The molecule has 7 heteroatoms. The van der Waals surface area contributed by atoms with Gasteiger partial charge >= 0.3 is 0 Å². The molecule has 0 aliphatic carbocycles. The van der Waals surface area contributed by atoms with E-state index in [0.717, 1.165) is 13.0 Å². The van der Waals surface area contributed by atoms with Crippen molar-refractivity contribution in [3.05, 3.63) is 29.3 Å². The molecule has 0 amide bonds. The molecule has 0 saturated carbocycles. The van der Waals surface area contributed by atoms with Crippen molar-refractivity contribution in [1.82, 2.24) is 9.21 Å². The average molecular weight is 319 g/mol. The summed E-state index contributed by atoms with van der Waals surface area (Å²) in [6.45, 7) is 3.31. The third kappa shape index (κ3) is 3.71. The van der Waals surface area contributed by atoms with Gasteiger partial charge < -0.3 is 10.0 Å². The number of benzene rings is 1. The van der Waals surface area contributed by atoms with E-state index in [0.29, 0.717) is 31.2 Å². The van der Waals surface area contributed by atoms with Crippen molar-refractivity contribution in [2.24, 2.45) is 0 Å². The van der Waals surface area contributed by atoms with E-state index < -0.39 is 10.0 Å². The van der Waals surface area contributed by atoms with Gasteiger partial charge in [0.25, 0.3) is 0 Å². The van der Waals surface area contributed by atoms with E-state index in [1.54, 1.807) is 18.2 Å². The van der Waals surface area contributed by atoms with Gasteiger partial charge in [-0.2, -0.15) is 4.31 Å². The fraction of sp³-hybridized carbons (Fsp3) is 0.538. The quantitative estimate of drug-likeness (QED) is 0.881. The Balaban J connectivity index is 2.02. The van der Waals surface area contributed by atoms with Crippen molar-refractivity contribution < 1.29 is 13.5 Å². The lowest BCUT2D eigenvalue weighted by Gasteiger charge is -2.33. The number of rotatable bonds is 5. The van der Waals surface area contributed by atoms with Gasteiger partial charge in [-0.15, -0.1) is 0 Å². The Kier molecular flexibility index (Phi) is 5.40. The summed E-state index contributed by atoms with van der Waals surface area (Å²) >= 11 is 5.86. The normalized spacial score (nSPS) is 18.3. The van der Waals surface area contributed by atoms with Crippen LogP contribution in [0.15, 0.2) is 29.2 Å². The van der Waals surface area contributed by atoms with Crippen LogP contribution >= 0.6 is 11.6 Å². The second-order valence-corrected chi connectivity index (χ2v) is 7.15. The largest absolute Gasteiger partial charge is 0.396 e. The first-order valence-corrected chi connectivity index (χ1v) is 8.45. The molecule has 1 saturated heterocycles. The number of hydrogen-bond donors (Lipinski definition) is 1. The van der Waals surface area contributed by atoms with Gasteiger partial charge in [0.15, 0.2) is 0 Å². The number of sulfonamides is 1. The molecule has 0 radical (unpaired) electrons. The molecule has 0 unspecified atom stereocenters. The van der Waals surface area contributed by atoms with E-state index >= 15 is 0 Å². The summed E-state index contributed by atoms with van der Waals surface area (Å²) in [6.07, 6.45) is 0.723. The number of aliphatic hydroxyl groups is 1. The second-order valence-electron chi connectivity index (χ2n) is 4.78. The highest BCUT2D eigenvalue weighted by Crippen LogP contribution is 2.20. The molecule has 20 heavy (non-hydrogen) atoms. The Bertz CT molecular complexity index is 542. The number of aliphatic hydroxyl groups excluding tert-OH is 1. The lowest BCUT2D eigenvalue weighted by Crippen LogP contribution is -2.48. The summed E-state index contributed by atoms with van der Waals surface area (Å²) in [6, 6.07) is 6.36. The van der Waals surface area contributed by atoms with Crippen molar-refractivity contribution in [3.8, 4) is 0 Å². The average Bonchev–Trinajstić information content (AvgIpc) is 2.45. The van der Waals surface area contributed by atoms with Crippen LogP contribution in [0.25, 0.3) is 0 Å². The van der Waals surface area contributed by atoms with Gasteiger partial charge in [-0.25, -0.2) is 8.42 Å². The Hall–Kier alpha value is -0.660. The minimum absolute atomic E-state index is 0.168. The van der Waals surface area contributed by atoms with Crippen LogP contribution < -0.4 is 0 Å². The molecule has 0 spiro atoms.